The number of nitrogens with one attached hydrogen (secondary N) is 1. The van der Waals surface area contributed by atoms with Crippen molar-refractivity contribution in [2.75, 3.05) is 6.54 Å². The van der Waals surface area contributed by atoms with Crippen LogP contribution in [-0.4, -0.2) is 23.4 Å². The second-order valence-corrected chi connectivity index (χ2v) is 8.59. The van der Waals surface area contributed by atoms with Crippen LogP contribution in [-0.2, 0) is 0 Å². The van der Waals surface area contributed by atoms with E-state index in [1.807, 2.05) is 19.9 Å². The SMILES string of the molecule is CC(CNC1c2ccc3ccsc3c2OC(C)(C)C1O)c1ccccc1. The van der Waals surface area contributed by atoms with E-state index in [2.05, 4.69) is 60.1 Å². The number of aliphatic hydroxyl groups excluding tert-OH is 1. The fraction of sp³-hybridized carbons (Fsp3) is 0.364. The summed E-state index contributed by atoms with van der Waals surface area (Å²) < 4.78 is 7.40. The van der Waals surface area contributed by atoms with E-state index in [1.165, 1.54) is 10.9 Å². The van der Waals surface area contributed by atoms with Crippen molar-refractivity contribution in [1.29, 1.82) is 0 Å². The summed E-state index contributed by atoms with van der Waals surface area (Å²) in [6.45, 7) is 6.93. The van der Waals surface area contributed by atoms with Crippen molar-refractivity contribution in [3.05, 3.63) is 65.0 Å². The fourth-order valence-electron chi connectivity index (χ4n) is 3.69. The summed E-state index contributed by atoms with van der Waals surface area (Å²) in [5.41, 5.74) is 1.71. The van der Waals surface area contributed by atoms with Crippen LogP contribution in [0.4, 0.5) is 0 Å². The Balaban J connectivity index is 1.65. The van der Waals surface area contributed by atoms with Crippen LogP contribution in [0.5, 0.6) is 5.75 Å². The van der Waals surface area contributed by atoms with Gasteiger partial charge < -0.3 is 15.2 Å². The summed E-state index contributed by atoms with van der Waals surface area (Å²) in [5, 5.41) is 17.9. The Morgan fingerprint density at radius 1 is 1.15 bits per heavy atom. The van der Waals surface area contributed by atoms with E-state index in [1.54, 1.807) is 11.3 Å². The van der Waals surface area contributed by atoms with E-state index in [9.17, 15) is 5.11 Å². The van der Waals surface area contributed by atoms with Gasteiger partial charge >= 0.3 is 0 Å². The van der Waals surface area contributed by atoms with Gasteiger partial charge in [0.1, 0.15) is 17.5 Å². The van der Waals surface area contributed by atoms with E-state index in [4.69, 9.17) is 4.74 Å². The van der Waals surface area contributed by atoms with E-state index < -0.39 is 11.7 Å². The molecule has 1 aliphatic heterocycles. The number of aliphatic hydroxyl groups is 1. The maximum Gasteiger partial charge on any atom is 0.142 e. The average Bonchev–Trinajstić information content (AvgIpc) is 3.12. The quantitative estimate of drug-likeness (QED) is 0.691. The van der Waals surface area contributed by atoms with E-state index in [0.717, 1.165) is 22.6 Å². The molecule has 26 heavy (non-hydrogen) atoms. The van der Waals surface area contributed by atoms with Gasteiger partial charge in [-0.05, 0) is 42.2 Å². The molecule has 4 heteroatoms. The normalized spacial score (nSPS) is 22.6. The second kappa shape index (κ2) is 6.69. The van der Waals surface area contributed by atoms with Gasteiger partial charge in [0.25, 0.3) is 0 Å². The first kappa shape index (κ1) is 17.5. The van der Waals surface area contributed by atoms with Gasteiger partial charge in [-0.2, -0.15) is 0 Å². The molecule has 0 fully saturated rings. The van der Waals surface area contributed by atoms with Gasteiger partial charge in [-0.1, -0.05) is 49.4 Å². The van der Waals surface area contributed by atoms with Crippen LogP contribution in [0.25, 0.3) is 10.1 Å². The van der Waals surface area contributed by atoms with Crippen molar-refractivity contribution in [2.24, 2.45) is 0 Å². The molecule has 2 aromatic carbocycles. The van der Waals surface area contributed by atoms with Gasteiger partial charge in [-0.25, -0.2) is 0 Å². The highest BCUT2D eigenvalue weighted by Gasteiger charge is 2.43. The molecule has 0 aliphatic carbocycles. The summed E-state index contributed by atoms with van der Waals surface area (Å²) in [7, 11) is 0. The van der Waals surface area contributed by atoms with Crippen LogP contribution in [0.15, 0.2) is 53.9 Å². The van der Waals surface area contributed by atoms with E-state index >= 15 is 0 Å². The number of fused-ring (bicyclic) bond motifs is 3. The number of hydrogen-bond donors (Lipinski definition) is 2. The van der Waals surface area contributed by atoms with Gasteiger partial charge in [-0.15, -0.1) is 11.3 Å². The van der Waals surface area contributed by atoms with Crippen molar-refractivity contribution in [3.63, 3.8) is 0 Å². The lowest BCUT2D eigenvalue weighted by atomic mass is 9.86. The van der Waals surface area contributed by atoms with Crippen LogP contribution in [0.2, 0.25) is 0 Å². The van der Waals surface area contributed by atoms with Gasteiger partial charge in [0.05, 0.1) is 10.7 Å². The highest BCUT2D eigenvalue weighted by molar-refractivity contribution is 7.17. The minimum absolute atomic E-state index is 0.147. The molecule has 136 valence electrons. The molecule has 0 saturated heterocycles. The van der Waals surface area contributed by atoms with Crippen LogP contribution < -0.4 is 10.1 Å². The van der Waals surface area contributed by atoms with Crippen LogP contribution in [0.3, 0.4) is 0 Å². The molecule has 2 heterocycles. The lowest BCUT2D eigenvalue weighted by Gasteiger charge is -2.43. The third kappa shape index (κ3) is 3.02. The lowest BCUT2D eigenvalue weighted by Crippen LogP contribution is -2.53. The molecule has 1 aromatic heterocycles. The van der Waals surface area contributed by atoms with Crippen molar-refractivity contribution < 1.29 is 9.84 Å². The number of benzene rings is 2. The summed E-state index contributed by atoms with van der Waals surface area (Å²) in [4.78, 5) is 0. The van der Waals surface area contributed by atoms with Crippen molar-refractivity contribution >= 4 is 21.4 Å². The highest BCUT2D eigenvalue weighted by atomic mass is 32.1. The molecular formula is C22H25NO2S. The third-order valence-corrected chi connectivity index (χ3v) is 6.28. The molecule has 3 unspecified atom stereocenters. The van der Waals surface area contributed by atoms with E-state index in [-0.39, 0.29) is 6.04 Å². The molecule has 2 N–H and O–H groups in total. The first-order chi connectivity index (χ1) is 12.5. The fourth-order valence-corrected chi connectivity index (χ4v) is 4.58. The molecule has 1 aliphatic rings. The van der Waals surface area contributed by atoms with Crippen molar-refractivity contribution in [1.82, 2.24) is 5.32 Å². The third-order valence-electron chi connectivity index (χ3n) is 5.35. The zero-order chi connectivity index (χ0) is 18.3. The number of hydrogen-bond acceptors (Lipinski definition) is 4. The molecule has 0 amide bonds. The summed E-state index contributed by atoms with van der Waals surface area (Å²) in [6.07, 6.45) is -0.615. The first-order valence-corrected chi connectivity index (χ1v) is 10.0. The molecule has 3 aromatic rings. The minimum Gasteiger partial charge on any atom is -0.483 e. The monoisotopic (exact) mass is 367 g/mol. The predicted octanol–water partition coefficient (Wildman–Crippen LogP) is 4.87. The Bertz CT molecular complexity index is 903. The van der Waals surface area contributed by atoms with Gasteiger partial charge in [0, 0.05) is 12.1 Å². The Morgan fingerprint density at radius 3 is 2.69 bits per heavy atom. The van der Waals surface area contributed by atoms with Crippen LogP contribution in [0.1, 0.15) is 43.9 Å². The lowest BCUT2D eigenvalue weighted by molar-refractivity contribution is -0.0635. The molecule has 0 radical (unpaired) electrons. The molecular weight excluding hydrogens is 342 g/mol. The molecule has 0 spiro atoms. The molecule has 0 bridgehead atoms. The zero-order valence-electron chi connectivity index (χ0n) is 15.4. The maximum absolute atomic E-state index is 11.0. The Kier molecular flexibility index (Phi) is 4.51. The molecule has 0 saturated carbocycles. The zero-order valence-corrected chi connectivity index (χ0v) is 16.2. The summed E-state index contributed by atoms with van der Waals surface area (Å²) >= 11 is 1.69. The van der Waals surface area contributed by atoms with E-state index in [0.29, 0.717) is 5.92 Å². The van der Waals surface area contributed by atoms with Gasteiger partial charge in [0.2, 0.25) is 0 Å². The number of rotatable bonds is 4. The topological polar surface area (TPSA) is 41.5 Å². The highest BCUT2D eigenvalue weighted by Crippen LogP contribution is 2.45. The Labute approximate surface area is 158 Å². The molecule has 3 atom stereocenters. The van der Waals surface area contributed by atoms with Crippen molar-refractivity contribution in [2.45, 2.75) is 44.4 Å². The Hall–Kier alpha value is -1.88. The standard InChI is InChI=1S/C22H25NO2S/c1-14(15-7-5-4-6-8-15)13-23-18-17-10-9-16-11-12-26-20(16)19(17)25-22(2,3)21(18)24/h4-12,14,18,21,23-24H,13H2,1-3H3. The van der Waals surface area contributed by atoms with Crippen molar-refractivity contribution in [3.8, 4) is 5.75 Å². The van der Waals surface area contributed by atoms with Gasteiger partial charge in [0.15, 0.2) is 0 Å². The summed E-state index contributed by atoms with van der Waals surface area (Å²) in [5.74, 6) is 1.28. The van der Waals surface area contributed by atoms with Crippen LogP contribution >= 0.6 is 11.3 Å². The minimum atomic E-state index is -0.640. The summed E-state index contributed by atoms with van der Waals surface area (Å²) in [6, 6.07) is 16.7. The van der Waals surface area contributed by atoms with Gasteiger partial charge in [-0.3, -0.25) is 0 Å². The maximum atomic E-state index is 11.0. The molecule has 4 rings (SSSR count). The number of ether oxygens (including phenoxy) is 1. The first-order valence-electron chi connectivity index (χ1n) is 9.13. The average molecular weight is 368 g/mol. The molecule has 3 nitrogen and oxygen atoms in total. The second-order valence-electron chi connectivity index (χ2n) is 7.67. The predicted molar refractivity (Wildman–Crippen MR) is 108 cm³/mol. The Morgan fingerprint density at radius 2 is 1.92 bits per heavy atom. The smallest absolute Gasteiger partial charge is 0.142 e. The van der Waals surface area contributed by atoms with Crippen LogP contribution in [0, 0.1) is 0 Å². The number of thiophene rings is 1. The largest absolute Gasteiger partial charge is 0.483 e.